The molecule has 0 bridgehead atoms. The van der Waals surface area contributed by atoms with Gasteiger partial charge >= 0.3 is 0 Å². The standard InChI is InChI=1S/C19H17F2N3O3S/c1-2-27-13-6-4-12(5-7-13)22-19-24-18(26)16(28-19)10-17(25)23-15-8-3-11(20)9-14(15)21/h3-9,16H,2,10H2,1H3,(H,23,25)(H,22,24,26)/t16-/m0/s1. The van der Waals surface area contributed by atoms with Gasteiger partial charge in [0.05, 0.1) is 18.0 Å². The number of hydrogen-bond acceptors (Lipinski definition) is 5. The highest BCUT2D eigenvalue weighted by Crippen LogP contribution is 2.26. The maximum absolute atomic E-state index is 13.6. The van der Waals surface area contributed by atoms with Crippen molar-refractivity contribution in [3.8, 4) is 5.75 Å². The van der Waals surface area contributed by atoms with Crippen molar-refractivity contribution in [3.05, 3.63) is 54.1 Å². The van der Waals surface area contributed by atoms with Gasteiger partial charge in [0.15, 0.2) is 5.17 Å². The van der Waals surface area contributed by atoms with E-state index in [0.29, 0.717) is 23.5 Å². The van der Waals surface area contributed by atoms with Gasteiger partial charge in [-0.15, -0.1) is 0 Å². The Labute approximate surface area is 164 Å². The summed E-state index contributed by atoms with van der Waals surface area (Å²) in [5.74, 6) is -1.81. The summed E-state index contributed by atoms with van der Waals surface area (Å²) in [6.45, 7) is 2.45. The van der Waals surface area contributed by atoms with Crippen molar-refractivity contribution >= 4 is 40.1 Å². The van der Waals surface area contributed by atoms with Gasteiger partial charge in [0.2, 0.25) is 11.8 Å². The first-order valence-corrected chi connectivity index (χ1v) is 9.36. The number of aliphatic imine (C=N–C) groups is 1. The highest BCUT2D eigenvalue weighted by molar-refractivity contribution is 8.15. The average molecular weight is 405 g/mol. The number of anilines is 1. The smallest absolute Gasteiger partial charge is 0.240 e. The van der Waals surface area contributed by atoms with E-state index in [1.54, 1.807) is 24.3 Å². The van der Waals surface area contributed by atoms with E-state index in [4.69, 9.17) is 4.74 Å². The normalized spacial score (nSPS) is 17.5. The summed E-state index contributed by atoms with van der Waals surface area (Å²) in [6, 6.07) is 9.89. The Morgan fingerprint density at radius 1 is 1.25 bits per heavy atom. The lowest BCUT2D eigenvalue weighted by atomic mass is 10.2. The molecule has 2 aromatic carbocycles. The van der Waals surface area contributed by atoms with Gasteiger partial charge in [-0.25, -0.2) is 13.8 Å². The van der Waals surface area contributed by atoms with Crippen LogP contribution < -0.4 is 15.4 Å². The summed E-state index contributed by atoms with van der Waals surface area (Å²) >= 11 is 1.12. The molecule has 2 N–H and O–H groups in total. The van der Waals surface area contributed by atoms with E-state index in [2.05, 4.69) is 15.6 Å². The molecule has 1 aliphatic rings. The number of nitrogens with one attached hydrogen (secondary N) is 2. The van der Waals surface area contributed by atoms with Crippen LogP contribution in [0, 0.1) is 11.6 Å². The van der Waals surface area contributed by atoms with Crippen molar-refractivity contribution in [1.29, 1.82) is 0 Å². The number of rotatable bonds is 6. The number of benzene rings is 2. The predicted octanol–water partition coefficient (Wildman–Crippen LogP) is 3.61. The first-order valence-electron chi connectivity index (χ1n) is 8.48. The van der Waals surface area contributed by atoms with Crippen LogP contribution >= 0.6 is 11.8 Å². The number of carbonyl (C=O) groups is 2. The largest absolute Gasteiger partial charge is 0.494 e. The molecule has 9 heteroatoms. The van der Waals surface area contributed by atoms with Gasteiger partial charge in [0.1, 0.15) is 22.6 Å². The quantitative estimate of drug-likeness (QED) is 0.770. The van der Waals surface area contributed by atoms with Gasteiger partial charge in [0, 0.05) is 12.5 Å². The summed E-state index contributed by atoms with van der Waals surface area (Å²) < 4.78 is 31.9. The van der Waals surface area contributed by atoms with Crippen molar-refractivity contribution in [2.75, 3.05) is 11.9 Å². The number of nitrogens with zero attached hydrogens (tertiary/aromatic N) is 1. The number of halogens is 2. The van der Waals surface area contributed by atoms with Crippen LogP contribution in [0.15, 0.2) is 47.5 Å². The van der Waals surface area contributed by atoms with Gasteiger partial charge in [-0.05, 0) is 43.3 Å². The van der Waals surface area contributed by atoms with Gasteiger partial charge in [-0.1, -0.05) is 11.8 Å². The molecule has 1 aliphatic heterocycles. The summed E-state index contributed by atoms with van der Waals surface area (Å²) in [6.07, 6.45) is -0.171. The van der Waals surface area contributed by atoms with Crippen LogP contribution in [0.25, 0.3) is 0 Å². The van der Waals surface area contributed by atoms with Crippen molar-refractivity contribution in [2.45, 2.75) is 18.6 Å². The Balaban J connectivity index is 1.60. The molecule has 146 valence electrons. The lowest BCUT2D eigenvalue weighted by molar-refractivity contribution is -0.122. The Morgan fingerprint density at radius 3 is 2.68 bits per heavy atom. The highest BCUT2D eigenvalue weighted by Gasteiger charge is 2.32. The van der Waals surface area contributed by atoms with Crippen LogP contribution in [0.2, 0.25) is 0 Å². The number of thioether (sulfide) groups is 1. The number of hydrogen-bond donors (Lipinski definition) is 2. The minimum Gasteiger partial charge on any atom is -0.494 e. The third-order valence-electron chi connectivity index (χ3n) is 3.73. The Kier molecular flexibility index (Phi) is 6.25. The van der Waals surface area contributed by atoms with E-state index >= 15 is 0 Å². The molecule has 0 unspecified atom stereocenters. The molecule has 1 atom stereocenters. The molecule has 28 heavy (non-hydrogen) atoms. The third kappa shape index (κ3) is 5.07. The summed E-state index contributed by atoms with van der Waals surface area (Å²) in [4.78, 5) is 28.5. The second kappa shape index (κ2) is 8.83. The highest BCUT2D eigenvalue weighted by atomic mass is 32.2. The fraction of sp³-hybridized carbons (Fsp3) is 0.211. The van der Waals surface area contributed by atoms with Crippen LogP contribution in [0.3, 0.4) is 0 Å². The molecule has 1 saturated heterocycles. The maximum Gasteiger partial charge on any atom is 0.240 e. The molecule has 0 spiro atoms. The molecule has 1 fully saturated rings. The summed E-state index contributed by atoms with van der Waals surface area (Å²) in [5.41, 5.74) is 0.489. The predicted molar refractivity (Wildman–Crippen MR) is 104 cm³/mol. The Hall–Kier alpha value is -2.94. The van der Waals surface area contributed by atoms with Crippen LogP contribution in [0.1, 0.15) is 13.3 Å². The van der Waals surface area contributed by atoms with Crippen molar-refractivity contribution in [3.63, 3.8) is 0 Å². The molecule has 6 nitrogen and oxygen atoms in total. The molecule has 3 rings (SSSR count). The molecular formula is C19H17F2N3O3S. The Morgan fingerprint density at radius 2 is 2.00 bits per heavy atom. The lowest BCUT2D eigenvalue weighted by Crippen LogP contribution is -2.28. The maximum atomic E-state index is 13.6. The Bertz CT molecular complexity index is 919. The molecule has 0 aliphatic carbocycles. The first-order chi connectivity index (χ1) is 13.4. The molecule has 1 heterocycles. The van der Waals surface area contributed by atoms with Crippen molar-refractivity contribution in [2.24, 2.45) is 4.99 Å². The second-order valence-corrected chi connectivity index (χ2v) is 7.01. The van der Waals surface area contributed by atoms with Gasteiger partial charge in [-0.3, -0.25) is 9.59 Å². The third-order valence-corrected chi connectivity index (χ3v) is 4.81. The number of carbonyl (C=O) groups excluding carboxylic acids is 2. The van der Waals surface area contributed by atoms with Gasteiger partial charge < -0.3 is 15.4 Å². The molecule has 0 radical (unpaired) electrons. The van der Waals surface area contributed by atoms with E-state index in [0.717, 1.165) is 29.6 Å². The summed E-state index contributed by atoms with van der Waals surface area (Å²) in [5, 5.41) is 4.64. The van der Waals surface area contributed by atoms with E-state index in [9.17, 15) is 18.4 Å². The number of amidine groups is 1. The fourth-order valence-corrected chi connectivity index (χ4v) is 3.44. The number of ether oxygens (including phenoxy) is 1. The zero-order valence-electron chi connectivity index (χ0n) is 14.9. The molecular weight excluding hydrogens is 388 g/mol. The van der Waals surface area contributed by atoms with E-state index in [1.807, 2.05) is 6.92 Å². The topological polar surface area (TPSA) is 79.8 Å². The molecule has 2 aromatic rings. The SMILES string of the molecule is CCOc1ccc(N=C2NC(=O)[C@H](CC(=O)Nc3ccc(F)cc3F)S2)cc1. The van der Waals surface area contributed by atoms with E-state index in [1.165, 1.54) is 0 Å². The van der Waals surface area contributed by atoms with Crippen LogP contribution in [0.4, 0.5) is 20.2 Å². The van der Waals surface area contributed by atoms with Crippen molar-refractivity contribution < 1.29 is 23.1 Å². The number of amides is 2. The molecule has 0 aromatic heterocycles. The minimum atomic E-state index is -0.880. The summed E-state index contributed by atoms with van der Waals surface area (Å²) in [7, 11) is 0. The zero-order chi connectivity index (χ0) is 20.1. The second-order valence-electron chi connectivity index (χ2n) is 5.82. The first kappa shape index (κ1) is 19.8. The lowest BCUT2D eigenvalue weighted by Gasteiger charge is -2.08. The van der Waals surface area contributed by atoms with E-state index < -0.39 is 22.8 Å². The van der Waals surface area contributed by atoms with Crippen molar-refractivity contribution in [1.82, 2.24) is 5.32 Å². The minimum absolute atomic E-state index is 0.141. The zero-order valence-corrected chi connectivity index (χ0v) is 15.7. The fourth-order valence-electron chi connectivity index (χ4n) is 2.45. The monoisotopic (exact) mass is 405 g/mol. The van der Waals surface area contributed by atoms with Gasteiger partial charge in [0.25, 0.3) is 0 Å². The van der Waals surface area contributed by atoms with Gasteiger partial charge in [-0.2, -0.15) is 0 Å². The van der Waals surface area contributed by atoms with Crippen LogP contribution in [0.5, 0.6) is 5.75 Å². The van der Waals surface area contributed by atoms with E-state index in [-0.39, 0.29) is 18.0 Å². The van der Waals surface area contributed by atoms with Crippen LogP contribution in [-0.2, 0) is 9.59 Å². The van der Waals surface area contributed by atoms with Crippen LogP contribution in [-0.4, -0.2) is 28.8 Å². The molecule has 0 saturated carbocycles. The molecule has 2 amide bonds. The average Bonchev–Trinajstić information content (AvgIpc) is 2.98.